The maximum Gasteiger partial charge on any atom is 0.197 e. The van der Waals surface area contributed by atoms with Crippen molar-refractivity contribution >= 4 is 5.95 Å². The Kier molecular flexibility index (Phi) is 2.67. The molecule has 78 valence electrons. The van der Waals surface area contributed by atoms with Gasteiger partial charge in [-0.15, -0.1) is 0 Å². The number of nitrogen functional groups attached to an aromatic ring is 1. The van der Waals surface area contributed by atoms with Gasteiger partial charge in [-0.25, -0.2) is 4.98 Å². The number of nitrogens with one attached hydrogen (secondary N) is 1. The fraction of sp³-hybridized carbons (Fsp3) is 0.273. The van der Waals surface area contributed by atoms with Crippen molar-refractivity contribution in [2.75, 3.05) is 5.73 Å². The fourth-order valence-electron chi connectivity index (χ4n) is 1.57. The first-order chi connectivity index (χ1) is 7.25. The molecule has 4 nitrogen and oxygen atoms in total. The maximum absolute atomic E-state index is 5.57. The van der Waals surface area contributed by atoms with Crippen LogP contribution in [-0.2, 0) is 12.8 Å². The Morgan fingerprint density at radius 1 is 1.40 bits per heavy atom. The van der Waals surface area contributed by atoms with E-state index >= 15 is 0 Å². The molecule has 0 aliphatic carbocycles. The van der Waals surface area contributed by atoms with Crippen molar-refractivity contribution in [3.8, 4) is 0 Å². The number of aryl methyl sites for hydroxylation is 3. The van der Waals surface area contributed by atoms with Crippen LogP contribution in [0.1, 0.15) is 17.0 Å². The highest BCUT2D eigenvalue weighted by atomic mass is 15.0. The van der Waals surface area contributed by atoms with Crippen LogP contribution < -0.4 is 5.73 Å². The van der Waals surface area contributed by atoms with Gasteiger partial charge in [0, 0.05) is 18.1 Å². The number of rotatable bonds is 3. The van der Waals surface area contributed by atoms with E-state index in [4.69, 9.17) is 5.73 Å². The average molecular weight is 202 g/mol. The molecule has 0 fully saturated rings. The fourth-order valence-corrected chi connectivity index (χ4v) is 1.57. The van der Waals surface area contributed by atoms with Crippen molar-refractivity contribution in [1.29, 1.82) is 0 Å². The third-order valence-corrected chi connectivity index (χ3v) is 2.38. The van der Waals surface area contributed by atoms with Crippen LogP contribution in [0.15, 0.2) is 24.5 Å². The van der Waals surface area contributed by atoms with E-state index in [0.29, 0.717) is 5.95 Å². The number of hydrogen-bond donors (Lipinski definition) is 2. The van der Waals surface area contributed by atoms with Crippen LogP contribution >= 0.6 is 0 Å². The smallest absolute Gasteiger partial charge is 0.197 e. The Hall–Kier alpha value is -1.84. The summed E-state index contributed by atoms with van der Waals surface area (Å²) in [5.41, 5.74) is 8.88. The van der Waals surface area contributed by atoms with E-state index in [0.717, 1.165) is 24.2 Å². The highest BCUT2D eigenvalue weighted by Gasteiger charge is 2.04. The molecule has 3 N–H and O–H groups in total. The summed E-state index contributed by atoms with van der Waals surface area (Å²) in [5, 5.41) is 0. The van der Waals surface area contributed by atoms with Gasteiger partial charge in [0.05, 0.1) is 5.69 Å². The molecule has 2 heterocycles. The number of pyridine rings is 1. The van der Waals surface area contributed by atoms with Crippen molar-refractivity contribution in [2.24, 2.45) is 0 Å². The van der Waals surface area contributed by atoms with Crippen molar-refractivity contribution in [1.82, 2.24) is 15.0 Å². The second kappa shape index (κ2) is 4.13. The molecule has 0 saturated carbocycles. The van der Waals surface area contributed by atoms with E-state index in [1.54, 1.807) is 6.20 Å². The maximum atomic E-state index is 5.57. The summed E-state index contributed by atoms with van der Waals surface area (Å²) in [6.07, 6.45) is 5.50. The van der Waals surface area contributed by atoms with Gasteiger partial charge in [-0.05, 0) is 31.4 Å². The van der Waals surface area contributed by atoms with Crippen LogP contribution in [-0.4, -0.2) is 15.0 Å². The highest BCUT2D eigenvalue weighted by Crippen LogP contribution is 2.09. The van der Waals surface area contributed by atoms with Gasteiger partial charge >= 0.3 is 0 Å². The number of imidazole rings is 1. The number of aromatic nitrogens is 3. The standard InChI is InChI=1S/C11H14N4/c1-8-10(15-11(12)14-8)5-4-9-3-2-6-13-7-9/h2-3,6-7H,4-5H2,1H3,(H3,12,14,15). The summed E-state index contributed by atoms with van der Waals surface area (Å²) in [5.74, 6) is 0.494. The second-order valence-electron chi connectivity index (χ2n) is 3.56. The molecule has 2 aromatic heterocycles. The molecule has 0 bridgehead atoms. The van der Waals surface area contributed by atoms with Gasteiger partial charge < -0.3 is 10.7 Å². The second-order valence-corrected chi connectivity index (χ2v) is 3.56. The zero-order valence-electron chi connectivity index (χ0n) is 8.70. The molecular weight excluding hydrogens is 188 g/mol. The molecule has 0 atom stereocenters. The van der Waals surface area contributed by atoms with Crippen LogP contribution in [0.5, 0.6) is 0 Å². The number of H-pyrrole nitrogens is 1. The van der Waals surface area contributed by atoms with Gasteiger partial charge in [0.1, 0.15) is 0 Å². The Balaban J connectivity index is 2.02. The van der Waals surface area contributed by atoms with E-state index in [2.05, 4.69) is 21.0 Å². The summed E-state index contributed by atoms with van der Waals surface area (Å²) in [4.78, 5) is 11.3. The average Bonchev–Trinajstić information content (AvgIpc) is 2.56. The van der Waals surface area contributed by atoms with Crippen LogP contribution in [0, 0.1) is 6.92 Å². The van der Waals surface area contributed by atoms with Crippen molar-refractivity contribution in [3.05, 3.63) is 41.5 Å². The molecule has 0 amide bonds. The Morgan fingerprint density at radius 3 is 2.87 bits per heavy atom. The zero-order chi connectivity index (χ0) is 10.7. The van der Waals surface area contributed by atoms with E-state index in [9.17, 15) is 0 Å². The minimum Gasteiger partial charge on any atom is -0.369 e. The lowest BCUT2D eigenvalue weighted by atomic mass is 10.1. The number of nitrogens with two attached hydrogens (primary N) is 1. The first kappa shape index (κ1) is 9.71. The Morgan fingerprint density at radius 2 is 2.27 bits per heavy atom. The van der Waals surface area contributed by atoms with Gasteiger partial charge in [0.25, 0.3) is 0 Å². The topological polar surface area (TPSA) is 67.6 Å². The third-order valence-electron chi connectivity index (χ3n) is 2.38. The monoisotopic (exact) mass is 202 g/mol. The summed E-state index contributed by atoms with van der Waals surface area (Å²) in [6, 6.07) is 4.01. The molecule has 15 heavy (non-hydrogen) atoms. The number of aromatic amines is 1. The molecule has 0 radical (unpaired) electrons. The molecule has 0 aromatic carbocycles. The summed E-state index contributed by atoms with van der Waals surface area (Å²) in [6.45, 7) is 1.99. The van der Waals surface area contributed by atoms with E-state index in [-0.39, 0.29) is 0 Å². The molecular formula is C11H14N4. The minimum atomic E-state index is 0.494. The van der Waals surface area contributed by atoms with E-state index in [1.807, 2.05) is 19.2 Å². The van der Waals surface area contributed by atoms with Crippen LogP contribution in [0.2, 0.25) is 0 Å². The van der Waals surface area contributed by atoms with Gasteiger partial charge in [-0.1, -0.05) is 6.07 Å². The lowest BCUT2D eigenvalue weighted by Gasteiger charge is -1.98. The molecule has 0 saturated heterocycles. The Labute approximate surface area is 88.6 Å². The van der Waals surface area contributed by atoms with Crippen molar-refractivity contribution in [2.45, 2.75) is 19.8 Å². The van der Waals surface area contributed by atoms with E-state index in [1.165, 1.54) is 5.56 Å². The highest BCUT2D eigenvalue weighted by molar-refractivity contribution is 5.26. The van der Waals surface area contributed by atoms with Gasteiger partial charge in [0.2, 0.25) is 0 Å². The van der Waals surface area contributed by atoms with Crippen molar-refractivity contribution in [3.63, 3.8) is 0 Å². The first-order valence-electron chi connectivity index (χ1n) is 4.95. The molecule has 0 aliphatic rings. The first-order valence-corrected chi connectivity index (χ1v) is 4.95. The SMILES string of the molecule is Cc1[nH]c(N)nc1CCc1cccnc1. The minimum absolute atomic E-state index is 0.494. The number of hydrogen-bond acceptors (Lipinski definition) is 3. The summed E-state index contributed by atoms with van der Waals surface area (Å²) in [7, 11) is 0. The molecule has 2 rings (SSSR count). The summed E-state index contributed by atoms with van der Waals surface area (Å²) >= 11 is 0. The predicted octanol–water partition coefficient (Wildman–Crippen LogP) is 1.48. The van der Waals surface area contributed by atoms with Crippen LogP contribution in [0.25, 0.3) is 0 Å². The lowest BCUT2D eigenvalue weighted by Crippen LogP contribution is -1.94. The molecule has 0 spiro atoms. The van der Waals surface area contributed by atoms with Crippen LogP contribution in [0.4, 0.5) is 5.95 Å². The normalized spacial score (nSPS) is 10.5. The quantitative estimate of drug-likeness (QED) is 0.792. The Bertz CT molecular complexity index is 433. The van der Waals surface area contributed by atoms with Crippen LogP contribution in [0.3, 0.4) is 0 Å². The van der Waals surface area contributed by atoms with Gasteiger partial charge in [-0.2, -0.15) is 0 Å². The zero-order valence-corrected chi connectivity index (χ0v) is 8.70. The number of anilines is 1. The molecule has 2 aromatic rings. The van der Waals surface area contributed by atoms with Crippen molar-refractivity contribution < 1.29 is 0 Å². The lowest BCUT2D eigenvalue weighted by molar-refractivity contribution is 0.908. The largest absolute Gasteiger partial charge is 0.369 e. The van der Waals surface area contributed by atoms with E-state index < -0.39 is 0 Å². The third kappa shape index (κ3) is 2.34. The van der Waals surface area contributed by atoms with Gasteiger partial charge in [0.15, 0.2) is 5.95 Å². The number of nitrogens with zero attached hydrogens (tertiary/aromatic N) is 2. The molecule has 0 aliphatic heterocycles. The summed E-state index contributed by atoms with van der Waals surface area (Å²) < 4.78 is 0. The molecule has 4 heteroatoms. The van der Waals surface area contributed by atoms with Gasteiger partial charge in [-0.3, -0.25) is 4.98 Å². The predicted molar refractivity (Wildman–Crippen MR) is 59.4 cm³/mol. The molecule has 0 unspecified atom stereocenters.